The normalized spacial score (nSPS) is 11.1. The van der Waals surface area contributed by atoms with Gasteiger partial charge in [-0.2, -0.15) is 0 Å². The molecular formula is C11H18N4O7. The van der Waals surface area contributed by atoms with Gasteiger partial charge in [0.2, 0.25) is 17.7 Å². The SMILES string of the molecule is NC(CCC(=O)O)C(=O)NCC(=O)NCC(=O)NCC(=O)O. The number of hydrogen-bond donors (Lipinski definition) is 6. The number of carboxylic acids is 2. The van der Waals surface area contributed by atoms with Crippen LogP contribution in [0.15, 0.2) is 0 Å². The Kier molecular flexibility index (Phi) is 8.86. The molecule has 0 aromatic carbocycles. The number of carboxylic acid groups (broad SMARTS) is 2. The van der Waals surface area contributed by atoms with Crippen molar-refractivity contribution in [2.45, 2.75) is 18.9 Å². The first-order valence-electron chi connectivity index (χ1n) is 6.22. The maximum Gasteiger partial charge on any atom is 0.322 e. The molecule has 11 heteroatoms. The highest BCUT2D eigenvalue weighted by molar-refractivity contribution is 5.90. The Bertz CT molecular complexity index is 452. The Hall–Kier alpha value is -2.69. The highest BCUT2D eigenvalue weighted by Crippen LogP contribution is 1.94. The van der Waals surface area contributed by atoms with E-state index in [0.29, 0.717) is 0 Å². The summed E-state index contributed by atoms with van der Waals surface area (Å²) in [5.74, 6) is -4.37. The van der Waals surface area contributed by atoms with Crippen LogP contribution in [0.1, 0.15) is 12.8 Å². The van der Waals surface area contributed by atoms with Gasteiger partial charge in [0.15, 0.2) is 0 Å². The highest BCUT2D eigenvalue weighted by atomic mass is 16.4. The second-order valence-corrected chi connectivity index (χ2v) is 4.20. The summed E-state index contributed by atoms with van der Waals surface area (Å²) in [4.78, 5) is 54.3. The Morgan fingerprint density at radius 3 is 1.82 bits per heavy atom. The molecule has 11 nitrogen and oxygen atoms in total. The summed E-state index contributed by atoms with van der Waals surface area (Å²) in [5, 5.41) is 23.1. The lowest BCUT2D eigenvalue weighted by Crippen LogP contribution is -2.46. The van der Waals surface area contributed by atoms with E-state index in [9.17, 15) is 24.0 Å². The molecule has 0 radical (unpaired) electrons. The molecule has 0 aromatic rings. The van der Waals surface area contributed by atoms with Crippen molar-refractivity contribution >= 4 is 29.7 Å². The summed E-state index contributed by atoms with van der Waals surface area (Å²) in [5.41, 5.74) is 5.41. The summed E-state index contributed by atoms with van der Waals surface area (Å²) in [6, 6.07) is -1.05. The fraction of sp³-hybridized carbons (Fsp3) is 0.545. The number of amides is 3. The number of aliphatic carboxylic acids is 2. The van der Waals surface area contributed by atoms with E-state index in [1.165, 1.54) is 0 Å². The van der Waals surface area contributed by atoms with Gasteiger partial charge in [0.05, 0.1) is 19.1 Å². The Morgan fingerprint density at radius 1 is 0.818 bits per heavy atom. The topological polar surface area (TPSA) is 188 Å². The molecule has 0 saturated heterocycles. The fourth-order valence-corrected chi connectivity index (χ4v) is 1.19. The van der Waals surface area contributed by atoms with E-state index in [1.54, 1.807) is 0 Å². The van der Waals surface area contributed by atoms with E-state index in [-0.39, 0.29) is 12.8 Å². The molecule has 1 atom stereocenters. The lowest BCUT2D eigenvalue weighted by Gasteiger charge is -2.11. The standard InChI is InChI=1S/C11H18N4O7/c12-6(1-2-9(18)19)11(22)15-4-8(17)13-3-7(16)14-5-10(20)21/h6H,1-5,12H2,(H,13,17)(H,14,16)(H,15,22)(H,18,19)(H,20,21). The van der Waals surface area contributed by atoms with Crippen molar-refractivity contribution < 1.29 is 34.2 Å². The third-order valence-corrected chi connectivity index (χ3v) is 2.31. The molecule has 3 amide bonds. The molecule has 0 saturated carbocycles. The molecule has 1 unspecified atom stereocenters. The van der Waals surface area contributed by atoms with Gasteiger partial charge in [0.1, 0.15) is 6.54 Å². The van der Waals surface area contributed by atoms with Crippen molar-refractivity contribution in [3.05, 3.63) is 0 Å². The van der Waals surface area contributed by atoms with Crippen molar-refractivity contribution in [1.29, 1.82) is 0 Å². The zero-order valence-corrected chi connectivity index (χ0v) is 11.6. The van der Waals surface area contributed by atoms with E-state index < -0.39 is 55.3 Å². The van der Waals surface area contributed by atoms with Gasteiger partial charge in [-0.1, -0.05) is 0 Å². The lowest BCUT2D eigenvalue weighted by atomic mass is 10.1. The molecule has 0 aliphatic heterocycles. The number of carbonyl (C=O) groups excluding carboxylic acids is 3. The molecule has 0 aliphatic rings. The van der Waals surface area contributed by atoms with Crippen molar-refractivity contribution in [2.75, 3.05) is 19.6 Å². The Morgan fingerprint density at radius 2 is 1.32 bits per heavy atom. The van der Waals surface area contributed by atoms with Crippen LogP contribution in [0.25, 0.3) is 0 Å². The van der Waals surface area contributed by atoms with Gasteiger partial charge < -0.3 is 31.9 Å². The molecule has 0 fully saturated rings. The van der Waals surface area contributed by atoms with Crippen molar-refractivity contribution in [2.24, 2.45) is 5.73 Å². The number of nitrogens with two attached hydrogens (primary N) is 1. The highest BCUT2D eigenvalue weighted by Gasteiger charge is 2.15. The van der Waals surface area contributed by atoms with E-state index in [4.69, 9.17) is 15.9 Å². The van der Waals surface area contributed by atoms with E-state index in [1.807, 2.05) is 5.32 Å². The van der Waals surface area contributed by atoms with Crippen molar-refractivity contribution in [3.8, 4) is 0 Å². The van der Waals surface area contributed by atoms with Gasteiger partial charge >= 0.3 is 11.9 Å². The smallest absolute Gasteiger partial charge is 0.322 e. The van der Waals surface area contributed by atoms with Gasteiger partial charge in [-0.05, 0) is 6.42 Å². The summed E-state index contributed by atoms with van der Waals surface area (Å²) in [7, 11) is 0. The minimum Gasteiger partial charge on any atom is -0.481 e. The summed E-state index contributed by atoms with van der Waals surface area (Å²) in [6.45, 7) is -1.44. The molecule has 7 N–H and O–H groups in total. The predicted molar refractivity (Wildman–Crippen MR) is 71.5 cm³/mol. The number of rotatable bonds is 10. The van der Waals surface area contributed by atoms with Crippen LogP contribution in [-0.4, -0.2) is 65.5 Å². The first-order chi connectivity index (χ1) is 10.2. The molecule has 22 heavy (non-hydrogen) atoms. The molecule has 0 bridgehead atoms. The second-order valence-electron chi connectivity index (χ2n) is 4.20. The molecule has 0 aromatic heterocycles. The second kappa shape index (κ2) is 10.1. The summed E-state index contributed by atoms with van der Waals surface area (Å²) >= 11 is 0. The van der Waals surface area contributed by atoms with E-state index >= 15 is 0 Å². The Balaban J connectivity index is 3.88. The van der Waals surface area contributed by atoms with E-state index in [2.05, 4.69) is 10.6 Å². The van der Waals surface area contributed by atoms with Crippen LogP contribution >= 0.6 is 0 Å². The first-order valence-corrected chi connectivity index (χ1v) is 6.22. The van der Waals surface area contributed by atoms with Gasteiger partial charge in [0.25, 0.3) is 0 Å². The zero-order valence-electron chi connectivity index (χ0n) is 11.6. The zero-order chi connectivity index (χ0) is 17.1. The monoisotopic (exact) mass is 318 g/mol. The molecule has 0 aliphatic carbocycles. The first kappa shape index (κ1) is 19.3. The van der Waals surface area contributed by atoms with Crippen LogP contribution in [0.5, 0.6) is 0 Å². The van der Waals surface area contributed by atoms with Gasteiger partial charge in [-0.15, -0.1) is 0 Å². The maximum absolute atomic E-state index is 11.4. The Labute approximate surface area is 125 Å². The van der Waals surface area contributed by atoms with E-state index in [0.717, 1.165) is 0 Å². The molecule has 0 rings (SSSR count). The molecule has 0 spiro atoms. The van der Waals surface area contributed by atoms with Crippen LogP contribution in [-0.2, 0) is 24.0 Å². The van der Waals surface area contributed by atoms with Crippen LogP contribution in [0.4, 0.5) is 0 Å². The quantitative estimate of drug-likeness (QED) is 0.240. The number of hydrogen-bond acceptors (Lipinski definition) is 6. The van der Waals surface area contributed by atoms with Crippen LogP contribution in [0.3, 0.4) is 0 Å². The molecule has 124 valence electrons. The van der Waals surface area contributed by atoms with Crippen LogP contribution in [0.2, 0.25) is 0 Å². The van der Waals surface area contributed by atoms with Gasteiger partial charge in [-0.25, -0.2) is 0 Å². The van der Waals surface area contributed by atoms with Gasteiger partial charge in [0, 0.05) is 6.42 Å². The predicted octanol–water partition coefficient (Wildman–Crippen LogP) is -3.39. The maximum atomic E-state index is 11.4. The number of nitrogens with one attached hydrogen (secondary N) is 3. The average Bonchev–Trinajstić information content (AvgIpc) is 2.45. The summed E-state index contributed by atoms with van der Waals surface area (Å²) < 4.78 is 0. The molecule has 0 heterocycles. The van der Waals surface area contributed by atoms with Crippen LogP contribution in [0, 0.1) is 0 Å². The minimum atomic E-state index is -1.22. The minimum absolute atomic E-state index is 0.0691. The van der Waals surface area contributed by atoms with Crippen molar-refractivity contribution in [1.82, 2.24) is 16.0 Å². The average molecular weight is 318 g/mol. The largest absolute Gasteiger partial charge is 0.481 e. The fourth-order valence-electron chi connectivity index (χ4n) is 1.19. The third kappa shape index (κ3) is 10.1. The van der Waals surface area contributed by atoms with Gasteiger partial charge in [-0.3, -0.25) is 24.0 Å². The third-order valence-electron chi connectivity index (χ3n) is 2.31. The number of carbonyl (C=O) groups is 5. The molecular weight excluding hydrogens is 300 g/mol. The lowest BCUT2D eigenvalue weighted by molar-refractivity contribution is -0.138. The summed E-state index contributed by atoms with van der Waals surface area (Å²) in [6.07, 6.45) is -0.342. The van der Waals surface area contributed by atoms with Crippen molar-refractivity contribution in [3.63, 3.8) is 0 Å². The van der Waals surface area contributed by atoms with Crippen LogP contribution < -0.4 is 21.7 Å².